The maximum absolute atomic E-state index is 11.7. The van der Waals surface area contributed by atoms with Gasteiger partial charge in [0, 0.05) is 24.7 Å². The van der Waals surface area contributed by atoms with Gasteiger partial charge >= 0.3 is 5.97 Å². The molecule has 0 bridgehead atoms. The van der Waals surface area contributed by atoms with Crippen molar-refractivity contribution < 1.29 is 19.6 Å². The molecule has 1 saturated heterocycles. The number of benzene rings is 2. The number of aliphatic carboxylic acids is 1. The highest BCUT2D eigenvalue weighted by Crippen LogP contribution is 2.32. The Bertz CT molecular complexity index is 1150. The second-order valence-corrected chi connectivity index (χ2v) is 8.48. The standard InChI is InChI=1S/C21H19N5O5S/c27-19(28)10-18-20(29)23-21(32-18)24-22-11-13-5-6-16(17(9-13)26(30)31)25-8-7-14-3-1-2-4-15(14)12-25/h1-6,9,11,18H,7-8,10,12H2,(H,27,28)(H,23,24,29). The number of amides is 1. The molecule has 0 radical (unpaired) electrons. The first-order chi connectivity index (χ1) is 15.4. The minimum absolute atomic E-state index is 0.0222. The van der Waals surface area contributed by atoms with Gasteiger partial charge in [0.15, 0.2) is 5.17 Å². The predicted octanol–water partition coefficient (Wildman–Crippen LogP) is 2.55. The Morgan fingerprint density at radius 1 is 1.31 bits per heavy atom. The van der Waals surface area contributed by atoms with Crippen LogP contribution in [0.1, 0.15) is 23.1 Å². The lowest BCUT2D eigenvalue weighted by atomic mass is 9.99. The van der Waals surface area contributed by atoms with Gasteiger partial charge in [-0.25, -0.2) is 0 Å². The third kappa shape index (κ3) is 4.78. The van der Waals surface area contributed by atoms with Gasteiger partial charge in [0.2, 0.25) is 5.91 Å². The van der Waals surface area contributed by atoms with Gasteiger partial charge < -0.3 is 15.3 Å². The number of fused-ring (bicyclic) bond motifs is 1. The number of anilines is 1. The second kappa shape index (κ2) is 9.18. The fourth-order valence-corrected chi connectivity index (χ4v) is 4.54. The molecule has 2 heterocycles. The van der Waals surface area contributed by atoms with Crippen molar-refractivity contribution in [3.05, 3.63) is 69.3 Å². The first-order valence-electron chi connectivity index (χ1n) is 9.81. The molecular formula is C21H19N5O5S. The van der Waals surface area contributed by atoms with E-state index < -0.39 is 22.0 Å². The van der Waals surface area contributed by atoms with Crippen molar-refractivity contribution in [2.45, 2.75) is 24.6 Å². The van der Waals surface area contributed by atoms with Crippen molar-refractivity contribution in [2.24, 2.45) is 10.2 Å². The number of nitrogens with one attached hydrogen (secondary N) is 1. The molecular weight excluding hydrogens is 434 g/mol. The molecule has 0 aromatic heterocycles. The van der Waals surface area contributed by atoms with Gasteiger partial charge in [-0.15, -0.1) is 5.10 Å². The summed E-state index contributed by atoms with van der Waals surface area (Å²) in [5.74, 6) is -1.51. The van der Waals surface area contributed by atoms with Crippen molar-refractivity contribution in [1.29, 1.82) is 0 Å². The summed E-state index contributed by atoms with van der Waals surface area (Å²) in [4.78, 5) is 35.8. The van der Waals surface area contributed by atoms with Gasteiger partial charge in [-0.1, -0.05) is 42.1 Å². The summed E-state index contributed by atoms with van der Waals surface area (Å²) in [6.45, 7) is 1.29. The van der Waals surface area contributed by atoms with E-state index in [0.29, 0.717) is 24.3 Å². The summed E-state index contributed by atoms with van der Waals surface area (Å²) in [5, 5.41) is 30.2. The number of carbonyl (C=O) groups is 2. The molecule has 2 aliphatic rings. The van der Waals surface area contributed by atoms with Crippen LogP contribution in [-0.4, -0.2) is 45.1 Å². The second-order valence-electron chi connectivity index (χ2n) is 7.29. The first-order valence-corrected chi connectivity index (χ1v) is 10.7. The maximum atomic E-state index is 11.7. The van der Waals surface area contributed by atoms with Gasteiger partial charge in [0.25, 0.3) is 5.69 Å². The van der Waals surface area contributed by atoms with E-state index in [9.17, 15) is 19.7 Å². The summed E-state index contributed by atoms with van der Waals surface area (Å²) >= 11 is 0.986. The van der Waals surface area contributed by atoms with E-state index in [2.05, 4.69) is 21.6 Å². The van der Waals surface area contributed by atoms with E-state index in [1.165, 1.54) is 17.8 Å². The van der Waals surface area contributed by atoms with Gasteiger partial charge in [0.1, 0.15) is 10.9 Å². The number of carboxylic acids is 1. The SMILES string of the molecule is O=C(O)CC1SC(=NN=Cc2ccc(N3CCc4ccccc4C3)c([N+](=O)[O-])c2)NC1=O. The largest absolute Gasteiger partial charge is 0.481 e. The average Bonchev–Trinajstić information content (AvgIpc) is 3.11. The minimum Gasteiger partial charge on any atom is -0.481 e. The lowest BCUT2D eigenvalue weighted by molar-refractivity contribution is -0.384. The molecule has 2 aromatic rings. The zero-order chi connectivity index (χ0) is 22.7. The Morgan fingerprint density at radius 2 is 2.09 bits per heavy atom. The smallest absolute Gasteiger partial charge is 0.305 e. The van der Waals surface area contributed by atoms with Crippen LogP contribution in [0.25, 0.3) is 0 Å². The summed E-state index contributed by atoms with van der Waals surface area (Å²) in [6, 6.07) is 12.9. The highest BCUT2D eigenvalue weighted by molar-refractivity contribution is 8.15. The number of carboxylic acid groups (broad SMARTS) is 1. The van der Waals surface area contributed by atoms with Crippen molar-refractivity contribution in [2.75, 3.05) is 11.4 Å². The number of carbonyl (C=O) groups excluding carboxylic acids is 1. The van der Waals surface area contributed by atoms with Crippen LogP contribution in [0.15, 0.2) is 52.7 Å². The van der Waals surface area contributed by atoms with Crippen LogP contribution in [0.4, 0.5) is 11.4 Å². The number of nitrogens with zero attached hydrogens (tertiary/aromatic N) is 4. The Hall–Kier alpha value is -3.73. The molecule has 10 nitrogen and oxygen atoms in total. The van der Waals surface area contributed by atoms with Crippen LogP contribution in [0.2, 0.25) is 0 Å². The summed E-state index contributed by atoms with van der Waals surface area (Å²) in [7, 11) is 0. The van der Waals surface area contributed by atoms with Crippen LogP contribution in [-0.2, 0) is 22.6 Å². The monoisotopic (exact) mass is 453 g/mol. The predicted molar refractivity (Wildman–Crippen MR) is 121 cm³/mol. The zero-order valence-corrected chi connectivity index (χ0v) is 17.6. The number of amidine groups is 1. The Balaban J connectivity index is 1.50. The highest BCUT2D eigenvalue weighted by atomic mass is 32.2. The molecule has 2 aromatic carbocycles. The van der Waals surface area contributed by atoms with Crippen LogP contribution in [0.3, 0.4) is 0 Å². The number of thioether (sulfide) groups is 1. The molecule has 164 valence electrons. The Morgan fingerprint density at radius 3 is 2.84 bits per heavy atom. The average molecular weight is 453 g/mol. The molecule has 1 amide bonds. The van der Waals surface area contributed by atoms with E-state index in [1.54, 1.807) is 12.1 Å². The van der Waals surface area contributed by atoms with Gasteiger partial charge in [-0.05, 0) is 23.6 Å². The van der Waals surface area contributed by atoms with E-state index in [4.69, 9.17) is 5.11 Å². The molecule has 32 heavy (non-hydrogen) atoms. The molecule has 1 atom stereocenters. The Labute approximate surface area is 187 Å². The molecule has 1 fully saturated rings. The van der Waals surface area contributed by atoms with E-state index in [1.807, 2.05) is 23.1 Å². The molecule has 2 aliphatic heterocycles. The minimum atomic E-state index is -1.08. The maximum Gasteiger partial charge on any atom is 0.305 e. The van der Waals surface area contributed by atoms with Crippen molar-refractivity contribution in [3.63, 3.8) is 0 Å². The third-order valence-corrected chi connectivity index (χ3v) is 6.23. The van der Waals surface area contributed by atoms with E-state index in [-0.39, 0.29) is 17.3 Å². The number of hydrogen-bond acceptors (Lipinski definition) is 8. The lowest BCUT2D eigenvalue weighted by Crippen LogP contribution is -2.30. The highest BCUT2D eigenvalue weighted by Gasteiger charge is 2.32. The topological polar surface area (TPSA) is 138 Å². The van der Waals surface area contributed by atoms with E-state index in [0.717, 1.165) is 23.7 Å². The summed E-state index contributed by atoms with van der Waals surface area (Å²) in [5.41, 5.74) is 3.43. The normalized spacial score (nSPS) is 19.2. The summed E-state index contributed by atoms with van der Waals surface area (Å²) < 4.78 is 0. The molecule has 0 saturated carbocycles. The van der Waals surface area contributed by atoms with Gasteiger partial charge in [-0.3, -0.25) is 19.7 Å². The molecule has 2 N–H and O–H groups in total. The number of rotatable bonds is 6. The van der Waals surface area contributed by atoms with Gasteiger partial charge in [-0.2, -0.15) is 5.10 Å². The first kappa shape index (κ1) is 21.5. The van der Waals surface area contributed by atoms with Gasteiger partial charge in [0.05, 0.1) is 17.6 Å². The quantitative estimate of drug-likeness (QED) is 0.389. The third-order valence-electron chi connectivity index (χ3n) is 5.16. The van der Waals surface area contributed by atoms with Crippen molar-refractivity contribution in [1.82, 2.24) is 5.32 Å². The van der Waals surface area contributed by atoms with Crippen LogP contribution >= 0.6 is 11.8 Å². The fraction of sp³-hybridized carbons (Fsp3) is 0.238. The fourth-order valence-electron chi connectivity index (χ4n) is 3.63. The van der Waals surface area contributed by atoms with Crippen molar-refractivity contribution in [3.8, 4) is 0 Å². The number of nitro benzene ring substituents is 1. The van der Waals surface area contributed by atoms with Crippen LogP contribution in [0.5, 0.6) is 0 Å². The van der Waals surface area contributed by atoms with Crippen LogP contribution < -0.4 is 10.2 Å². The molecule has 0 aliphatic carbocycles. The Kier molecular flexibility index (Phi) is 6.17. The zero-order valence-electron chi connectivity index (χ0n) is 16.8. The molecule has 4 rings (SSSR count). The van der Waals surface area contributed by atoms with E-state index >= 15 is 0 Å². The lowest BCUT2D eigenvalue weighted by Gasteiger charge is -2.30. The number of nitro groups is 1. The van der Waals surface area contributed by atoms with Crippen molar-refractivity contribution >= 4 is 46.4 Å². The van der Waals surface area contributed by atoms with Crippen LogP contribution in [0, 0.1) is 10.1 Å². The molecule has 11 heteroatoms. The molecule has 0 spiro atoms. The summed E-state index contributed by atoms with van der Waals surface area (Å²) in [6.07, 6.45) is 1.86. The number of hydrogen-bond donors (Lipinski definition) is 2. The molecule has 1 unspecified atom stereocenters.